The summed E-state index contributed by atoms with van der Waals surface area (Å²) in [6.07, 6.45) is -3.99. The quantitative estimate of drug-likeness (QED) is 0.261. The molecule has 9 nitrogen and oxygen atoms in total. The molecule has 1 aromatic heterocycles. The molecule has 0 aliphatic carbocycles. The first-order valence-corrected chi connectivity index (χ1v) is 17.2. The largest absolute Gasteiger partial charge is 0.497 e. The summed E-state index contributed by atoms with van der Waals surface area (Å²) in [6.45, 7) is 4.79. The molecule has 13 heteroatoms. The van der Waals surface area contributed by atoms with Gasteiger partial charge in [0.25, 0.3) is 5.91 Å². The van der Waals surface area contributed by atoms with Crippen molar-refractivity contribution >= 4 is 23.3 Å². The number of benzene rings is 2. The minimum atomic E-state index is -4.59. The van der Waals surface area contributed by atoms with Crippen LogP contribution in [-0.2, 0) is 20.5 Å². The number of aliphatic carboxylic acids is 1. The van der Waals surface area contributed by atoms with Crippen molar-refractivity contribution in [3.05, 3.63) is 82.7 Å². The predicted octanol–water partition coefficient (Wildman–Crippen LogP) is 6.23. The molecule has 2 aromatic carbocycles. The van der Waals surface area contributed by atoms with Crippen LogP contribution in [0.1, 0.15) is 52.8 Å². The molecule has 0 spiro atoms. The van der Waals surface area contributed by atoms with Crippen molar-refractivity contribution in [1.82, 2.24) is 9.88 Å². The van der Waals surface area contributed by atoms with Gasteiger partial charge in [0.2, 0.25) is 5.67 Å². The highest BCUT2D eigenvalue weighted by atomic mass is 19.4. The van der Waals surface area contributed by atoms with Gasteiger partial charge in [0.05, 0.1) is 31.7 Å². The Hall–Kier alpha value is -4.39. The number of hydrogen-bond donors (Lipinski definition) is 1. The Morgan fingerprint density at radius 1 is 0.941 bits per heavy atom. The number of nitrogens with zero attached hydrogens (tertiary/aromatic N) is 4. The maximum Gasteiger partial charge on any atom is 0.416 e. The van der Waals surface area contributed by atoms with E-state index in [0.29, 0.717) is 35.4 Å². The van der Waals surface area contributed by atoms with Gasteiger partial charge < -0.3 is 29.3 Å². The third kappa shape index (κ3) is 7.35. The minimum Gasteiger partial charge on any atom is -0.497 e. The monoisotopic (exact) mass is 712 g/mol. The molecule has 1 amide bonds. The lowest BCUT2D eigenvalue weighted by atomic mass is 9.85. The van der Waals surface area contributed by atoms with E-state index in [0.717, 1.165) is 29.2 Å². The summed E-state index contributed by atoms with van der Waals surface area (Å²) in [7, 11) is 3.07. The third-order valence-corrected chi connectivity index (χ3v) is 10.7. The van der Waals surface area contributed by atoms with Crippen LogP contribution in [-0.4, -0.2) is 92.6 Å². The lowest BCUT2D eigenvalue weighted by molar-refractivity contribution is -0.143. The van der Waals surface area contributed by atoms with Gasteiger partial charge in [0.1, 0.15) is 5.75 Å². The first-order chi connectivity index (χ1) is 24.2. The number of anilines is 2. The lowest BCUT2D eigenvalue weighted by Gasteiger charge is -2.35. The molecule has 51 heavy (non-hydrogen) atoms. The number of amides is 1. The van der Waals surface area contributed by atoms with Crippen molar-refractivity contribution in [2.45, 2.75) is 50.4 Å². The lowest BCUT2D eigenvalue weighted by Crippen LogP contribution is -2.50. The molecular weight excluding hydrogens is 668 g/mol. The molecule has 1 N–H and O–H groups in total. The van der Waals surface area contributed by atoms with Crippen LogP contribution in [0.2, 0.25) is 0 Å². The number of aromatic nitrogens is 1. The molecule has 3 aliphatic heterocycles. The minimum absolute atomic E-state index is 0.0886. The average Bonchev–Trinajstić information content (AvgIpc) is 3.69. The number of aryl methyl sites for hydroxylation is 2. The predicted molar refractivity (Wildman–Crippen MR) is 184 cm³/mol. The Kier molecular flexibility index (Phi) is 10.2. The van der Waals surface area contributed by atoms with Crippen LogP contribution < -0.4 is 14.5 Å². The number of likely N-dealkylation sites (tertiary alicyclic amines) is 1. The molecular formula is C38H44F4N4O5. The van der Waals surface area contributed by atoms with E-state index in [1.165, 1.54) is 18.1 Å². The van der Waals surface area contributed by atoms with E-state index >= 15 is 4.39 Å². The number of pyridine rings is 1. The Morgan fingerprint density at radius 2 is 1.61 bits per heavy atom. The first kappa shape index (κ1) is 36.4. The molecule has 0 unspecified atom stereocenters. The second-order valence-corrected chi connectivity index (χ2v) is 14.1. The highest BCUT2D eigenvalue weighted by Crippen LogP contribution is 2.46. The van der Waals surface area contributed by atoms with Gasteiger partial charge in [-0.15, -0.1) is 0 Å². The van der Waals surface area contributed by atoms with Crippen molar-refractivity contribution in [2.24, 2.45) is 11.8 Å². The normalized spacial score (nSPS) is 24.3. The van der Waals surface area contributed by atoms with Gasteiger partial charge in [0, 0.05) is 80.3 Å². The van der Waals surface area contributed by atoms with Gasteiger partial charge in [0.15, 0.2) is 0 Å². The summed E-state index contributed by atoms with van der Waals surface area (Å²) in [6, 6.07) is 14.4. The molecule has 4 heterocycles. The second-order valence-electron chi connectivity index (χ2n) is 14.1. The number of ether oxygens (including phenoxy) is 2. The molecule has 274 valence electrons. The summed E-state index contributed by atoms with van der Waals surface area (Å²) in [5.74, 6) is -3.14. The van der Waals surface area contributed by atoms with Crippen molar-refractivity contribution < 1.29 is 41.7 Å². The number of piperidine rings is 1. The van der Waals surface area contributed by atoms with E-state index in [4.69, 9.17) is 9.47 Å². The molecule has 0 bridgehead atoms. The SMILES string of the molecule is COC[C@H]1CN(C(=O)[C@]2(F)CN(c3cc(C)nc(C)c3)C[C@H]2c2ccc(OC)cc2)C[C@@H]1c1ccc(C(F)(F)F)cc1N1CCC(C(=O)O)CC1. The highest BCUT2D eigenvalue weighted by Gasteiger charge is 2.57. The maximum absolute atomic E-state index is 17.8. The van der Waals surface area contributed by atoms with Crippen LogP contribution >= 0.6 is 0 Å². The van der Waals surface area contributed by atoms with Crippen LogP contribution in [0, 0.1) is 25.7 Å². The molecule has 6 rings (SSSR count). The van der Waals surface area contributed by atoms with Gasteiger partial charge in [-0.2, -0.15) is 13.2 Å². The zero-order valence-electron chi connectivity index (χ0n) is 29.3. The summed E-state index contributed by atoms with van der Waals surface area (Å²) in [5, 5.41) is 9.52. The van der Waals surface area contributed by atoms with Gasteiger partial charge in [-0.05, 0) is 74.2 Å². The number of carboxylic acid groups (broad SMARTS) is 1. The zero-order valence-corrected chi connectivity index (χ0v) is 29.3. The van der Waals surface area contributed by atoms with E-state index in [-0.39, 0.29) is 51.8 Å². The number of rotatable bonds is 9. The summed E-state index contributed by atoms with van der Waals surface area (Å²) in [5.41, 5.74) is 0.789. The van der Waals surface area contributed by atoms with E-state index in [9.17, 15) is 27.9 Å². The number of carbonyl (C=O) groups excluding carboxylic acids is 1. The zero-order chi connectivity index (χ0) is 36.7. The van der Waals surface area contributed by atoms with Crippen LogP contribution in [0.15, 0.2) is 54.6 Å². The van der Waals surface area contributed by atoms with Crippen LogP contribution in [0.25, 0.3) is 0 Å². The third-order valence-electron chi connectivity index (χ3n) is 10.7. The van der Waals surface area contributed by atoms with Gasteiger partial charge in [-0.25, -0.2) is 4.39 Å². The van der Waals surface area contributed by atoms with Crippen molar-refractivity contribution in [3.63, 3.8) is 0 Å². The second kappa shape index (κ2) is 14.3. The smallest absolute Gasteiger partial charge is 0.416 e. The number of methoxy groups -OCH3 is 2. The number of carboxylic acids is 1. The maximum atomic E-state index is 17.8. The van der Waals surface area contributed by atoms with Crippen LogP contribution in [0.5, 0.6) is 5.75 Å². The summed E-state index contributed by atoms with van der Waals surface area (Å²) < 4.78 is 70.7. The number of alkyl halides is 4. The number of carbonyl (C=O) groups is 2. The van der Waals surface area contributed by atoms with Crippen molar-refractivity contribution in [1.29, 1.82) is 0 Å². The Labute approximate surface area is 295 Å². The topological polar surface area (TPSA) is 95.4 Å². The molecule has 0 radical (unpaired) electrons. The average molecular weight is 713 g/mol. The van der Waals surface area contributed by atoms with Crippen molar-refractivity contribution in [2.75, 3.05) is 69.9 Å². The summed E-state index contributed by atoms with van der Waals surface area (Å²) in [4.78, 5) is 35.9. The number of halogens is 4. The fourth-order valence-corrected chi connectivity index (χ4v) is 8.14. The number of hydrogen-bond acceptors (Lipinski definition) is 7. The van der Waals surface area contributed by atoms with Crippen molar-refractivity contribution in [3.8, 4) is 5.75 Å². The van der Waals surface area contributed by atoms with E-state index in [1.54, 1.807) is 31.4 Å². The first-order valence-electron chi connectivity index (χ1n) is 17.2. The molecule has 0 saturated carbocycles. The fraction of sp³-hybridized carbons (Fsp3) is 0.500. The molecule has 3 aromatic rings. The standard InChI is InChI=1S/C38H44F4N4O5/c1-23-15-29(16-24(2)43-23)46-20-33(25-5-8-30(51-4)9-6-25)37(39,22-46)36(49)45-18-27(21-50-3)32(19-45)31-10-7-28(38(40,41)42)17-34(31)44-13-11-26(12-14-44)35(47)48/h5-10,15-17,26-27,32-33H,11-14,18-22H2,1-4H3,(H,47,48)/t27-,32+,33+,37+/m1/s1. The van der Waals surface area contributed by atoms with Crippen LogP contribution in [0.3, 0.4) is 0 Å². The molecule has 4 atom stereocenters. The van der Waals surface area contributed by atoms with Crippen LogP contribution in [0.4, 0.5) is 28.9 Å². The van der Waals surface area contributed by atoms with E-state index in [1.807, 2.05) is 35.8 Å². The summed E-state index contributed by atoms with van der Waals surface area (Å²) >= 11 is 0. The van der Waals surface area contributed by atoms with Gasteiger partial charge in [-0.1, -0.05) is 18.2 Å². The molecule has 3 aliphatic rings. The highest BCUT2D eigenvalue weighted by molar-refractivity contribution is 5.89. The van der Waals surface area contributed by atoms with Gasteiger partial charge >= 0.3 is 12.1 Å². The van der Waals surface area contributed by atoms with E-state index in [2.05, 4.69) is 4.98 Å². The van der Waals surface area contributed by atoms with Gasteiger partial charge in [-0.3, -0.25) is 14.6 Å². The van der Waals surface area contributed by atoms with E-state index < -0.39 is 47.0 Å². The Morgan fingerprint density at radius 3 is 2.20 bits per heavy atom. The Balaban J connectivity index is 1.34. The molecule has 3 fully saturated rings. The molecule has 3 saturated heterocycles. The fourth-order valence-electron chi connectivity index (χ4n) is 8.14. The Bertz CT molecular complexity index is 1730.